The number of anilines is 1. The topological polar surface area (TPSA) is 30.5 Å². The first-order chi connectivity index (χ1) is 9.69. The monoisotopic (exact) mass is 419 g/mol. The molecule has 0 amide bonds. The van der Waals surface area contributed by atoms with Crippen molar-refractivity contribution in [2.45, 2.75) is 6.54 Å². The lowest BCUT2D eigenvalue weighted by Crippen LogP contribution is -2.04. The van der Waals surface area contributed by atoms with Gasteiger partial charge in [-0.2, -0.15) is 0 Å². The molecule has 0 radical (unpaired) electrons. The van der Waals surface area contributed by atoms with Crippen molar-refractivity contribution in [3.8, 4) is 5.75 Å². The van der Waals surface area contributed by atoms with Crippen LogP contribution in [0.3, 0.4) is 0 Å². The Morgan fingerprint density at radius 3 is 2.50 bits per heavy atom. The lowest BCUT2D eigenvalue weighted by Gasteiger charge is -2.08. The van der Waals surface area contributed by atoms with Crippen LogP contribution in [0.1, 0.15) is 4.88 Å². The zero-order chi connectivity index (χ0) is 14.4. The summed E-state index contributed by atoms with van der Waals surface area (Å²) in [4.78, 5) is 1.27. The Labute approximate surface area is 139 Å². The predicted octanol–water partition coefficient (Wildman–Crippen LogP) is 4.91. The summed E-state index contributed by atoms with van der Waals surface area (Å²) >= 11 is 8.71. The molecule has 0 bridgehead atoms. The van der Waals surface area contributed by atoms with Crippen LogP contribution in [-0.2, 0) is 11.3 Å². The van der Waals surface area contributed by atoms with Gasteiger partial charge in [0, 0.05) is 28.7 Å². The Morgan fingerprint density at radius 2 is 1.90 bits per heavy atom. The van der Waals surface area contributed by atoms with Gasteiger partial charge < -0.3 is 14.8 Å². The van der Waals surface area contributed by atoms with Gasteiger partial charge in [-0.3, -0.25) is 0 Å². The molecule has 0 unspecified atom stereocenters. The molecule has 0 fully saturated rings. The number of halogens is 2. The molecule has 1 N–H and O–H groups in total. The highest BCUT2D eigenvalue weighted by atomic mass is 79.9. The van der Waals surface area contributed by atoms with E-state index in [1.807, 2.05) is 24.3 Å². The fourth-order valence-corrected chi connectivity index (χ4v) is 3.70. The summed E-state index contributed by atoms with van der Waals surface area (Å²) in [7, 11) is 1.66. The number of hydrogen-bond donors (Lipinski definition) is 1. The summed E-state index contributed by atoms with van der Waals surface area (Å²) in [6.45, 7) is 1.97. The van der Waals surface area contributed by atoms with Crippen molar-refractivity contribution < 1.29 is 9.47 Å². The number of hydrogen-bond acceptors (Lipinski definition) is 4. The number of methoxy groups -OCH3 is 1. The van der Waals surface area contributed by atoms with Crippen LogP contribution in [0.4, 0.5) is 5.69 Å². The zero-order valence-electron chi connectivity index (χ0n) is 11.0. The van der Waals surface area contributed by atoms with Crippen LogP contribution < -0.4 is 10.1 Å². The Kier molecular flexibility index (Phi) is 6.35. The molecule has 1 aromatic carbocycles. The molecule has 2 rings (SSSR count). The highest BCUT2D eigenvalue weighted by Crippen LogP contribution is 2.32. The van der Waals surface area contributed by atoms with Crippen molar-refractivity contribution >= 4 is 48.9 Å². The van der Waals surface area contributed by atoms with Gasteiger partial charge in [0.2, 0.25) is 0 Å². The quantitative estimate of drug-likeness (QED) is 0.645. The largest absolute Gasteiger partial charge is 0.491 e. The molecule has 6 heteroatoms. The van der Waals surface area contributed by atoms with E-state index < -0.39 is 0 Å². The minimum absolute atomic E-state index is 0.570. The fraction of sp³-hybridized carbons (Fsp3) is 0.286. The van der Waals surface area contributed by atoms with E-state index in [-0.39, 0.29) is 0 Å². The van der Waals surface area contributed by atoms with Crippen molar-refractivity contribution in [2.24, 2.45) is 0 Å². The molecule has 3 nitrogen and oxygen atoms in total. The molecule has 1 aromatic heterocycles. The molecule has 20 heavy (non-hydrogen) atoms. The van der Waals surface area contributed by atoms with Gasteiger partial charge in [-0.25, -0.2) is 0 Å². The Bertz CT molecular complexity index is 523. The highest BCUT2D eigenvalue weighted by Gasteiger charge is 2.04. The second-order valence-electron chi connectivity index (χ2n) is 4.05. The Hall–Kier alpha value is -0.560. The average molecular weight is 421 g/mol. The zero-order valence-corrected chi connectivity index (χ0v) is 15.0. The lowest BCUT2D eigenvalue weighted by molar-refractivity contribution is 0.146. The van der Waals surface area contributed by atoms with Gasteiger partial charge >= 0.3 is 0 Å². The Balaban J connectivity index is 1.84. The smallest absolute Gasteiger partial charge is 0.119 e. The third-order valence-corrected chi connectivity index (χ3v) is 5.83. The van der Waals surface area contributed by atoms with Crippen LogP contribution in [0.25, 0.3) is 0 Å². The van der Waals surface area contributed by atoms with Crippen LogP contribution in [-0.4, -0.2) is 20.3 Å². The van der Waals surface area contributed by atoms with Gasteiger partial charge in [0.1, 0.15) is 12.4 Å². The van der Waals surface area contributed by atoms with Gasteiger partial charge in [-0.05, 0) is 62.2 Å². The molecule has 0 aliphatic carbocycles. The fourth-order valence-electron chi connectivity index (χ4n) is 1.58. The predicted molar refractivity (Wildman–Crippen MR) is 90.9 cm³/mol. The molecule has 0 saturated heterocycles. The van der Waals surface area contributed by atoms with E-state index in [0.717, 1.165) is 26.2 Å². The summed E-state index contributed by atoms with van der Waals surface area (Å²) in [5, 5.41) is 3.38. The first kappa shape index (κ1) is 15.8. The molecule has 108 valence electrons. The molecule has 0 saturated carbocycles. The first-order valence-electron chi connectivity index (χ1n) is 6.08. The second kappa shape index (κ2) is 8.02. The van der Waals surface area contributed by atoms with Crippen LogP contribution in [0.5, 0.6) is 5.75 Å². The molecule has 0 atom stereocenters. The summed E-state index contributed by atoms with van der Waals surface area (Å²) in [6.07, 6.45) is 0. The van der Waals surface area contributed by atoms with Gasteiger partial charge in [-0.1, -0.05) is 0 Å². The maximum Gasteiger partial charge on any atom is 0.119 e. The summed E-state index contributed by atoms with van der Waals surface area (Å²) in [5.74, 6) is 0.856. The van der Waals surface area contributed by atoms with Crippen molar-refractivity contribution in [3.63, 3.8) is 0 Å². The SMILES string of the molecule is COCCOc1ccc(NCc2cc(Br)c(Br)s2)cc1. The standard InChI is InChI=1S/C14H15Br2NO2S/c1-18-6-7-19-11-4-2-10(3-5-11)17-9-12-8-13(15)14(16)20-12/h2-5,8,17H,6-7,9H2,1H3. The van der Waals surface area contributed by atoms with Crippen LogP contribution >= 0.6 is 43.2 Å². The molecule has 1 heterocycles. The number of rotatable bonds is 7. The number of thiophene rings is 1. The molecule has 0 aliphatic rings. The van der Waals surface area contributed by atoms with Gasteiger partial charge in [0.25, 0.3) is 0 Å². The molecular weight excluding hydrogens is 406 g/mol. The minimum atomic E-state index is 0.570. The molecule has 2 aromatic rings. The van der Waals surface area contributed by atoms with Crippen LogP contribution in [0.2, 0.25) is 0 Å². The minimum Gasteiger partial charge on any atom is -0.491 e. The second-order valence-corrected chi connectivity index (χ2v) is 7.36. The lowest BCUT2D eigenvalue weighted by atomic mass is 10.3. The van der Waals surface area contributed by atoms with E-state index in [4.69, 9.17) is 9.47 Å². The van der Waals surface area contributed by atoms with Gasteiger partial charge in [-0.15, -0.1) is 11.3 Å². The van der Waals surface area contributed by atoms with Crippen molar-refractivity contribution in [1.82, 2.24) is 0 Å². The summed E-state index contributed by atoms with van der Waals surface area (Å²) < 4.78 is 12.7. The first-order valence-corrected chi connectivity index (χ1v) is 8.48. The van der Waals surface area contributed by atoms with E-state index in [1.54, 1.807) is 18.4 Å². The van der Waals surface area contributed by atoms with Gasteiger partial charge in [0.05, 0.1) is 10.4 Å². The molecule has 0 aliphatic heterocycles. The van der Waals surface area contributed by atoms with Gasteiger partial charge in [0.15, 0.2) is 0 Å². The normalized spacial score (nSPS) is 10.6. The summed E-state index contributed by atoms with van der Waals surface area (Å²) in [5.41, 5.74) is 1.07. The van der Waals surface area contributed by atoms with Crippen molar-refractivity contribution in [1.29, 1.82) is 0 Å². The summed E-state index contributed by atoms with van der Waals surface area (Å²) in [6, 6.07) is 10.1. The number of benzene rings is 1. The molecular formula is C14H15Br2NO2S. The average Bonchev–Trinajstić information content (AvgIpc) is 2.77. The van der Waals surface area contributed by atoms with E-state index in [0.29, 0.717) is 13.2 Å². The van der Waals surface area contributed by atoms with E-state index in [2.05, 4.69) is 43.2 Å². The van der Waals surface area contributed by atoms with E-state index >= 15 is 0 Å². The maximum atomic E-state index is 5.52. The van der Waals surface area contributed by atoms with E-state index in [9.17, 15) is 0 Å². The highest BCUT2D eigenvalue weighted by molar-refractivity contribution is 9.13. The third-order valence-electron chi connectivity index (χ3n) is 2.57. The maximum absolute atomic E-state index is 5.52. The van der Waals surface area contributed by atoms with Crippen molar-refractivity contribution in [2.75, 3.05) is 25.6 Å². The van der Waals surface area contributed by atoms with E-state index in [1.165, 1.54) is 4.88 Å². The Morgan fingerprint density at radius 1 is 1.15 bits per heavy atom. The third kappa shape index (κ3) is 4.77. The number of ether oxygens (including phenoxy) is 2. The van der Waals surface area contributed by atoms with Crippen molar-refractivity contribution in [3.05, 3.63) is 43.5 Å². The van der Waals surface area contributed by atoms with Crippen LogP contribution in [0.15, 0.2) is 38.6 Å². The number of nitrogens with one attached hydrogen (secondary N) is 1. The van der Waals surface area contributed by atoms with Crippen LogP contribution in [0, 0.1) is 0 Å². The molecule has 0 spiro atoms.